The van der Waals surface area contributed by atoms with E-state index < -0.39 is 0 Å². The summed E-state index contributed by atoms with van der Waals surface area (Å²) in [4.78, 5) is 8.87. The molecule has 96 valence electrons. The maximum absolute atomic E-state index is 4.57. The summed E-state index contributed by atoms with van der Waals surface area (Å²) in [6.07, 6.45) is 5.48. The fourth-order valence-electron chi connectivity index (χ4n) is 1.70. The molecule has 3 heterocycles. The number of aromatic nitrogens is 4. The van der Waals surface area contributed by atoms with Gasteiger partial charge in [-0.2, -0.15) is 5.10 Å². The van der Waals surface area contributed by atoms with E-state index in [1.807, 2.05) is 30.6 Å². The summed E-state index contributed by atoms with van der Waals surface area (Å²) >= 11 is 1.62. The number of H-pyrrole nitrogens is 1. The maximum Gasteiger partial charge on any atom is 0.142 e. The lowest BCUT2D eigenvalue weighted by atomic mass is 10.3. The number of nitrogens with one attached hydrogen (secondary N) is 2. The van der Waals surface area contributed by atoms with E-state index in [0.29, 0.717) is 0 Å². The van der Waals surface area contributed by atoms with Gasteiger partial charge in [-0.15, -0.1) is 11.3 Å². The number of pyridine rings is 1. The highest BCUT2D eigenvalue weighted by Gasteiger charge is 2.05. The number of hydrogen-bond donors (Lipinski definition) is 2. The Morgan fingerprint density at radius 2 is 2.26 bits per heavy atom. The van der Waals surface area contributed by atoms with E-state index in [1.165, 1.54) is 0 Å². The van der Waals surface area contributed by atoms with E-state index in [0.717, 1.165) is 35.0 Å². The molecule has 2 N–H and O–H groups in total. The van der Waals surface area contributed by atoms with Crippen LogP contribution in [-0.2, 0) is 13.1 Å². The Hall–Kier alpha value is -2.05. The summed E-state index contributed by atoms with van der Waals surface area (Å²) < 4.78 is 0. The van der Waals surface area contributed by atoms with Gasteiger partial charge >= 0.3 is 0 Å². The minimum atomic E-state index is 0.745. The number of aromatic amines is 1. The standard InChI is InChI=1S/C13H13N5S/c1-2-4-15-12(3-1)13-18-11(9-19-13)8-14-5-10-6-16-17-7-10/h1-4,6-7,9,14H,5,8H2,(H,16,17). The van der Waals surface area contributed by atoms with Crippen LogP contribution >= 0.6 is 11.3 Å². The van der Waals surface area contributed by atoms with Crippen LogP contribution in [0, 0.1) is 0 Å². The van der Waals surface area contributed by atoms with Crippen molar-refractivity contribution < 1.29 is 0 Å². The molecule has 0 saturated heterocycles. The van der Waals surface area contributed by atoms with Crippen LogP contribution in [0.2, 0.25) is 0 Å². The predicted octanol–water partition coefficient (Wildman–Crippen LogP) is 2.22. The van der Waals surface area contributed by atoms with Crippen molar-refractivity contribution in [2.45, 2.75) is 13.1 Å². The molecule has 0 aromatic carbocycles. The number of hydrogen-bond acceptors (Lipinski definition) is 5. The monoisotopic (exact) mass is 271 g/mol. The van der Waals surface area contributed by atoms with Gasteiger partial charge in [0.15, 0.2) is 0 Å². The van der Waals surface area contributed by atoms with Crippen molar-refractivity contribution in [3.8, 4) is 10.7 Å². The molecule has 0 unspecified atom stereocenters. The average Bonchev–Trinajstić information content (AvgIpc) is 3.11. The lowest BCUT2D eigenvalue weighted by molar-refractivity contribution is 0.683. The van der Waals surface area contributed by atoms with Gasteiger partial charge in [0.25, 0.3) is 0 Å². The smallest absolute Gasteiger partial charge is 0.142 e. The first kappa shape index (κ1) is 12.0. The summed E-state index contributed by atoms with van der Waals surface area (Å²) in [6, 6.07) is 5.85. The zero-order valence-electron chi connectivity index (χ0n) is 10.2. The molecule has 19 heavy (non-hydrogen) atoms. The largest absolute Gasteiger partial charge is 0.307 e. The normalized spacial score (nSPS) is 10.7. The molecule has 0 amide bonds. The van der Waals surface area contributed by atoms with Crippen LogP contribution in [0.1, 0.15) is 11.3 Å². The van der Waals surface area contributed by atoms with Gasteiger partial charge in [-0.1, -0.05) is 6.07 Å². The third kappa shape index (κ3) is 3.04. The molecule has 0 aliphatic heterocycles. The minimum absolute atomic E-state index is 0.745. The van der Waals surface area contributed by atoms with E-state index in [-0.39, 0.29) is 0 Å². The SMILES string of the molecule is c1ccc(-c2nc(CNCc3cn[nH]c3)cs2)nc1. The van der Waals surface area contributed by atoms with Crippen LogP contribution in [0.3, 0.4) is 0 Å². The summed E-state index contributed by atoms with van der Waals surface area (Å²) in [6.45, 7) is 1.53. The second kappa shape index (κ2) is 5.73. The third-order valence-electron chi connectivity index (χ3n) is 2.63. The highest BCUT2D eigenvalue weighted by atomic mass is 32.1. The van der Waals surface area contributed by atoms with Crippen molar-refractivity contribution >= 4 is 11.3 Å². The molecule has 0 aliphatic rings. The van der Waals surface area contributed by atoms with Crippen LogP contribution in [-0.4, -0.2) is 20.2 Å². The van der Waals surface area contributed by atoms with Gasteiger partial charge in [-0.05, 0) is 12.1 Å². The topological polar surface area (TPSA) is 66.5 Å². The average molecular weight is 271 g/mol. The molecule has 3 aromatic heterocycles. The third-order valence-corrected chi connectivity index (χ3v) is 3.54. The zero-order valence-corrected chi connectivity index (χ0v) is 11.0. The van der Waals surface area contributed by atoms with E-state index in [1.54, 1.807) is 17.5 Å². The lowest BCUT2D eigenvalue weighted by Crippen LogP contribution is -2.12. The molecule has 5 nitrogen and oxygen atoms in total. The van der Waals surface area contributed by atoms with E-state index >= 15 is 0 Å². The summed E-state index contributed by atoms with van der Waals surface area (Å²) in [7, 11) is 0. The van der Waals surface area contributed by atoms with Gasteiger partial charge in [-0.3, -0.25) is 10.1 Å². The van der Waals surface area contributed by atoms with Crippen molar-refractivity contribution in [2.24, 2.45) is 0 Å². The van der Waals surface area contributed by atoms with Crippen molar-refractivity contribution in [1.82, 2.24) is 25.5 Å². The van der Waals surface area contributed by atoms with Crippen molar-refractivity contribution in [3.05, 3.63) is 53.4 Å². The molecular formula is C13H13N5S. The van der Waals surface area contributed by atoms with E-state index in [4.69, 9.17) is 0 Å². The first-order valence-corrected chi connectivity index (χ1v) is 6.84. The van der Waals surface area contributed by atoms with Crippen LogP contribution in [0.5, 0.6) is 0 Å². The Labute approximate surface area is 114 Å². The lowest BCUT2D eigenvalue weighted by Gasteiger charge is -1.99. The van der Waals surface area contributed by atoms with E-state index in [9.17, 15) is 0 Å². The molecule has 3 rings (SSSR count). The van der Waals surface area contributed by atoms with Crippen molar-refractivity contribution in [2.75, 3.05) is 0 Å². The summed E-state index contributed by atoms with van der Waals surface area (Å²) in [5.41, 5.74) is 3.10. The Morgan fingerprint density at radius 1 is 1.26 bits per heavy atom. The fraction of sp³-hybridized carbons (Fsp3) is 0.154. The molecule has 0 atom stereocenters. The zero-order chi connectivity index (χ0) is 12.9. The van der Waals surface area contributed by atoms with Crippen molar-refractivity contribution in [1.29, 1.82) is 0 Å². The second-order valence-electron chi connectivity index (χ2n) is 4.07. The second-order valence-corrected chi connectivity index (χ2v) is 4.93. The fourth-order valence-corrected chi connectivity index (χ4v) is 2.50. The molecule has 0 radical (unpaired) electrons. The Balaban J connectivity index is 1.59. The Bertz CT molecular complexity index is 618. The molecule has 0 spiro atoms. The molecule has 0 fully saturated rings. The molecule has 0 aliphatic carbocycles. The molecule has 3 aromatic rings. The summed E-state index contributed by atoms with van der Waals surface area (Å²) in [5, 5.41) is 13.1. The van der Waals surface area contributed by atoms with Gasteiger partial charge in [0, 0.05) is 36.4 Å². The number of rotatable bonds is 5. The Morgan fingerprint density at radius 3 is 3.05 bits per heavy atom. The van der Waals surface area contributed by atoms with Crippen LogP contribution < -0.4 is 5.32 Å². The number of thiazole rings is 1. The van der Waals surface area contributed by atoms with E-state index in [2.05, 4.69) is 30.9 Å². The van der Waals surface area contributed by atoms with Gasteiger partial charge in [-0.25, -0.2) is 4.98 Å². The number of nitrogens with zero attached hydrogens (tertiary/aromatic N) is 3. The highest BCUT2D eigenvalue weighted by molar-refractivity contribution is 7.13. The molecule has 0 bridgehead atoms. The maximum atomic E-state index is 4.57. The van der Waals surface area contributed by atoms with Gasteiger partial charge in [0.05, 0.1) is 17.6 Å². The Kier molecular flexibility index (Phi) is 3.62. The molecule has 0 saturated carbocycles. The first-order valence-electron chi connectivity index (χ1n) is 5.96. The van der Waals surface area contributed by atoms with Crippen LogP contribution in [0.15, 0.2) is 42.2 Å². The molecule has 6 heteroatoms. The highest BCUT2D eigenvalue weighted by Crippen LogP contribution is 2.21. The first-order chi connectivity index (χ1) is 9.42. The van der Waals surface area contributed by atoms with Gasteiger partial charge in [0.1, 0.15) is 5.01 Å². The van der Waals surface area contributed by atoms with Crippen LogP contribution in [0.25, 0.3) is 10.7 Å². The molecular weight excluding hydrogens is 258 g/mol. The minimum Gasteiger partial charge on any atom is -0.307 e. The van der Waals surface area contributed by atoms with Gasteiger partial charge in [0.2, 0.25) is 0 Å². The quantitative estimate of drug-likeness (QED) is 0.746. The van der Waals surface area contributed by atoms with Crippen molar-refractivity contribution in [3.63, 3.8) is 0 Å². The summed E-state index contributed by atoms with van der Waals surface area (Å²) in [5.74, 6) is 0. The van der Waals surface area contributed by atoms with Gasteiger partial charge < -0.3 is 5.32 Å². The predicted molar refractivity (Wildman–Crippen MR) is 74.5 cm³/mol. The van der Waals surface area contributed by atoms with Crippen LogP contribution in [0.4, 0.5) is 0 Å².